The predicted molar refractivity (Wildman–Crippen MR) is 88.4 cm³/mol. The zero-order valence-electron chi connectivity index (χ0n) is 13.1. The van der Waals surface area contributed by atoms with E-state index in [0.29, 0.717) is 12.1 Å². The van der Waals surface area contributed by atoms with E-state index in [9.17, 15) is 5.11 Å². The Bertz CT molecular complexity index is 573. The average Bonchev–Trinajstić information content (AvgIpc) is 2.58. The van der Waals surface area contributed by atoms with Gasteiger partial charge in [-0.3, -0.25) is 9.88 Å². The molecular weight excluding hydrogens is 272 g/mol. The Morgan fingerprint density at radius 1 is 1.18 bits per heavy atom. The molecule has 0 unspecified atom stereocenters. The number of piperidine rings is 1. The molecular formula is C19H24N2O. The molecule has 0 aliphatic carbocycles. The van der Waals surface area contributed by atoms with Gasteiger partial charge < -0.3 is 5.11 Å². The number of hydrogen-bond donors (Lipinski definition) is 1. The zero-order valence-corrected chi connectivity index (χ0v) is 13.1. The van der Waals surface area contributed by atoms with Gasteiger partial charge in [0.2, 0.25) is 0 Å². The number of aliphatic hydroxyl groups is 1. The van der Waals surface area contributed by atoms with Crippen LogP contribution in [0.5, 0.6) is 0 Å². The summed E-state index contributed by atoms with van der Waals surface area (Å²) in [6.07, 6.45) is 7.71. The van der Waals surface area contributed by atoms with Crippen molar-refractivity contribution in [3.05, 3.63) is 66.0 Å². The van der Waals surface area contributed by atoms with Crippen molar-refractivity contribution in [2.75, 3.05) is 7.05 Å². The molecule has 0 bridgehead atoms. The minimum Gasteiger partial charge on any atom is -0.388 e. The number of aliphatic hydroxyl groups excluding tert-OH is 1. The van der Waals surface area contributed by atoms with Gasteiger partial charge in [0.15, 0.2) is 0 Å². The fraction of sp³-hybridized carbons (Fsp3) is 0.421. The van der Waals surface area contributed by atoms with Gasteiger partial charge in [0, 0.05) is 24.5 Å². The van der Waals surface area contributed by atoms with E-state index in [1.54, 1.807) is 0 Å². The van der Waals surface area contributed by atoms with Crippen LogP contribution in [0, 0.1) is 0 Å². The van der Waals surface area contributed by atoms with Crippen LogP contribution < -0.4 is 0 Å². The highest BCUT2D eigenvalue weighted by atomic mass is 16.3. The van der Waals surface area contributed by atoms with Crippen LogP contribution in [0.15, 0.2) is 54.9 Å². The molecule has 2 heterocycles. The standard InChI is InChI=1S/C19H24N2O/c1-21-17(13-19(22)15-7-3-2-4-8-15)10-5-11-18(21)16-9-6-12-20-14-16/h2-4,6-9,12,14,17-19,22H,5,10-11,13H2,1H3/t17-,18+,19+/m1/s1. The fourth-order valence-electron chi connectivity index (χ4n) is 3.54. The van der Waals surface area contributed by atoms with Crippen molar-refractivity contribution in [3.63, 3.8) is 0 Å². The number of hydrogen-bond acceptors (Lipinski definition) is 3. The second kappa shape index (κ2) is 7.03. The lowest BCUT2D eigenvalue weighted by Gasteiger charge is -2.40. The summed E-state index contributed by atoms with van der Waals surface area (Å²) in [6.45, 7) is 0. The van der Waals surface area contributed by atoms with E-state index in [1.807, 2.05) is 48.8 Å². The lowest BCUT2D eigenvalue weighted by atomic mass is 9.88. The van der Waals surface area contributed by atoms with E-state index in [-0.39, 0.29) is 6.10 Å². The van der Waals surface area contributed by atoms with Gasteiger partial charge in [-0.2, -0.15) is 0 Å². The monoisotopic (exact) mass is 296 g/mol. The summed E-state index contributed by atoms with van der Waals surface area (Å²) in [5, 5.41) is 10.5. The maximum Gasteiger partial charge on any atom is 0.0805 e. The SMILES string of the molecule is CN1[C@@H](C[C@H](O)c2ccccc2)CCC[C@H]1c1cccnc1. The van der Waals surface area contributed by atoms with Gasteiger partial charge in [0.1, 0.15) is 0 Å². The summed E-state index contributed by atoms with van der Waals surface area (Å²) in [6, 6.07) is 15.0. The highest BCUT2D eigenvalue weighted by Gasteiger charge is 2.30. The second-order valence-electron chi connectivity index (χ2n) is 6.21. The summed E-state index contributed by atoms with van der Waals surface area (Å²) in [4.78, 5) is 6.68. The first-order valence-electron chi connectivity index (χ1n) is 8.10. The third-order valence-electron chi connectivity index (χ3n) is 4.83. The lowest BCUT2D eigenvalue weighted by molar-refractivity contribution is 0.0610. The molecule has 3 heteroatoms. The first kappa shape index (κ1) is 15.2. The number of nitrogens with zero attached hydrogens (tertiary/aromatic N) is 2. The van der Waals surface area contributed by atoms with Crippen LogP contribution in [0.1, 0.15) is 49.0 Å². The van der Waals surface area contributed by atoms with Crippen molar-refractivity contribution in [1.29, 1.82) is 0 Å². The molecule has 3 nitrogen and oxygen atoms in total. The molecule has 0 radical (unpaired) electrons. The molecule has 1 fully saturated rings. The summed E-state index contributed by atoms with van der Waals surface area (Å²) in [5.41, 5.74) is 2.29. The molecule has 2 aromatic rings. The number of pyridine rings is 1. The van der Waals surface area contributed by atoms with Crippen molar-refractivity contribution in [2.24, 2.45) is 0 Å². The Hall–Kier alpha value is -1.71. The Balaban J connectivity index is 1.69. The zero-order chi connectivity index (χ0) is 15.4. The Kier molecular flexibility index (Phi) is 4.86. The molecule has 116 valence electrons. The molecule has 0 amide bonds. The number of benzene rings is 1. The van der Waals surface area contributed by atoms with E-state index < -0.39 is 0 Å². The molecule has 1 N–H and O–H groups in total. The maximum atomic E-state index is 10.5. The Morgan fingerprint density at radius 3 is 2.73 bits per heavy atom. The number of rotatable bonds is 4. The van der Waals surface area contributed by atoms with Crippen LogP contribution in [0.3, 0.4) is 0 Å². The summed E-state index contributed by atoms with van der Waals surface area (Å²) < 4.78 is 0. The van der Waals surface area contributed by atoms with Gasteiger partial charge in [-0.05, 0) is 49.9 Å². The van der Waals surface area contributed by atoms with E-state index in [1.165, 1.54) is 18.4 Å². The van der Waals surface area contributed by atoms with Crippen LogP contribution >= 0.6 is 0 Å². The minimum atomic E-state index is -0.388. The van der Waals surface area contributed by atoms with Crippen LogP contribution in [-0.4, -0.2) is 28.1 Å². The molecule has 1 saturated heterocycles. The van der Waals surface area contributed by atoms with Gasteiger partial charge >= 0.3 is 0 Å². The van der Waals surface area contributed by atoms with Crippen LogP contribution in [-0.2, 0) is 0 Å². The molecule has 1 aliphatic heterocycles. The Labute approximate surface area is 132 Å². The normalized spacial score (nSPS) is 24.1. The highest BCUT2D eigenvalue weighted by molar-refractivity contribution is 5.18. The average molecular weight is 296 g/mol. The van der Waals surface area contributed by atoms with Gasteiger partial charge in [0.05, 0.1) is 6.10 Å². The predicted octanol–water partition coefficient (Wildman–Crippen LogP) is 3.73. The molecule has 1 aromatic heterocycles. The topological polar surface area (TPSA) is 36.4 Å². The van der Waals surface area contributed by atoms with Gasteiger partial charge in [0.25, 0.3) is 0 Å². The quantitative estimate of drug-likeness (QED) is 0.934. The molecule has 3 rings (SSSR count). The van der Waals surface area contributed by atoms with Crippen LogP contribution in [0.2, 0.25) is 0 Å². The van der Waals surface area contributed by atoms with Gasteiger partial charge in [-0.1, -0.05) is 36.4 Å². The molecule has 3 atom stereocenters. The van der Waals surface area contributed by atoms with Crippen LogP contribution in [0.25, 0.3) is 0 Å². The molecule has 1 aliphatic rings. The van der Waals surface area contributed by atoms with E-state index in [4.69, 9.17) is 0 Å². The fourth-order valence-corrected chi connectivity index (χ4v) is 3.54. The number of aromatic nitrogens is 1. The van der Waals surface area contributed by atoms with E-state index in [2.05, 4.69) is 23.0 Å². The van der Waals surface area contributed by atoms with Crippen molar-refractivity contribution < 1.29 is 5.11 Å². The molecule has 1 aromatic carbocycles. The molecule has 0 saturated carbocycles. The van der Waals surface area contributed by atoms with E-state index in [0.717, 1.165) is 18.4 Å². The maximum absolute atomic E-state index is 10.5. The third-order valence-corrected chi connectivity index (χ3v) is 4.83. The van der Waals surface area contributed by atoms with Crippen molar-refractivity contribution in [3.8, 4) is 0 Å². The third kappa shape index (κ3) is 3.37. The van der Waals surface area contributed by atoms with Crippen molar-refractivity contribution in [2.45, 2.75) is 43.9 Å². The first-order chi connectivity index (χ1) is 10.8. The molecule has 0 spiro atoms. The largest absolute Gasteiger partial charge is 0.388 e. The lowest BCUT2D eigenvalue weighted by Crippen LogP contribution is -2.39. The van der Waals surface area contributed by atoms with Gasteiger partial charge in [-0.25, -0.2) is 0 Å². The van der Waals surface area contributed by atoms with Crippen LogP contribution in [0.4, 0.5) is 0 Å². The van der Waals surface area contributed by atoms with Crippen molar-refractivity contribution >= 4 is 0 Å². The summed E-state index contributed by atoms with van der Waals surface area (Å²) >= 11 is 0. The minimum absolute atomic E-state index is 0.388. The van der Waals surface area contributed by atoms with Gasteiger partial charge in [-0.15, -0.1) is 0 Å². The van der Waals surface area contributed by atoms with E-state index >= 15 is 0 Å². The highest BCUT2D eigenvalue weighted by Crippen LogP contribution is 2.35. The second-order valence-corrected chi connectivity index (χ2v) is 6.21. The smallest absolute Gasteiger partial charge is 0.0805 e. The number of likely N-dealkylation sites (tertiary alicyclic amines) is 1. The molecule has 22 heavy (non-hydrogen) atoms. The summed E-state index contributed by atoms with van der Waals surface area (Å²) in [5.74, 6) is 0. The first-order valence-corrected chi connectivity index (χ1v) is 8.10. The Morgan fingerprint density at radius 2 is 2.00 bits per heavy atom. The summed E-state index contributed by atoms with van der Waals surface area (Å²) in [7, 11) is 2.18. The van der Waals surface area contributed by atoms with Crippen molar-refractivity contribution in [1.82, 2.24) is 9.88 Å².